The van der Waals surface area contributed by atoms with E-state index in [9.17, 15) is 4.39 Å². The van der Waals surface area contributed by atoms with Gasteiger partial charge in [-0.2, -0.15) is 0 Å². The zero-order valence-corrected chi connectivity index (χ0v) is 19.3. The van der Waals surface area contributed by atoms with Crippen LogP contribution in [0.25, 0.3) is 0 Å². The summed E-state index contributed by atoms with van der Waals surface area (Å²) in [4.78, 5) is 8.82. The molecule has 2 N–H and O–H groups in total. The summed E-state index contributed by atoms with van der Waals surface area (Å²) in [6, 6.07) is 6.41. The summed E-state index contributed by atoms with van der Waals surface area (Å²) in [5.41, 5.74) is 1.10. The lowest BCUT2D eigenvalue weighted by Gasteiger charge is -2.18. The molecule has 0 aliphatic rings. The molecule has 0 fully saturated rings. The molecule has 150 valence electrons. The van der Waals surface area contributed by atoms with Crippen LogP contribution >= 0.6 is 35.3 Å². The van der Waals surface area contributed by atoms with Crippen LogP contribution < -0.4 is 15.4 Å². The molecule has 0 saturated carbocycles. The molecule has 0 bridgehead atoms. The standard InChI is InChI=1S/C19H27FN4OS.HI/c1-13(2)18-24-15(12-26-18)9-10-22-19(21-4)23-11-14(3)25-17-8-6-5-7-16(17)20;/h5-8,12-14H,9-11H2,1-4H3,(H2,21,22,23);1H. The lowest BCUT2D eigenvalue weighted by atomic mass is 10.2. The summed E-state index contributed by atoms with van der Waals surface area (Å²) in [6.45, 7) is 7.44. The number of halogens is 2. The Morgan fingerprint density at radius 1 is 1.26 bits per heavy atom. The molecule has 0 aliphatic heterocycles. The predicted octanol–water partition coefficient (Wildman–Crippen LogP) is 4.20. The number of para-hydroxylation sites is 1. The maximum Gasteiger partial charge on any atom is 0.191 e. The fourth-order valence-electron chi connectivity index (χ4n) is 2.27. The summed E-state index contributed by atoms with van der Waals surface area (Å²) >= 11 is 1.71. The normalized spacial score (nSPS) is 12.4. The summed E-state index contributed by atoms with van der Waals surface area (Å²) in [5.74, 6) is 1.06. The molecular formula is C19H28FIN4OS. The molecule has 1 aromatic heterocycles. The molecule has 2 rings (SSSR count). The number of thiazole rings is 1. The van der Waals surface area contributed by atoms with Crippen molar-refractivity contribution in [3.63, 3.8) is 0 Å². The second-order valence-electron chi connectivity index (χ2n) is 6.32. The molecular weight excluding hydrogens is 478 g/mol. The van der Waals surface area contributed by atoms with Gasteiger partial charge in [0, 0.05) is 31.3 Å². The Morgan fingerprint density at radius 3 is 2.63 bits per heavy atom. The number of hydrogen-bond acceptors (Lipinski definition) is 4. The van der Waals surface area contributed by atoms with E-state index < -0.39 is 0 Å². The van der Waals surface area contributed by atoms with Gasteiger partial charge in [-0.1, -0.05) is 26.0 Å². The smallest absolute Gasteiger partial charge is 0.191 e. The fraction of sp³-hybridized carbons (Fsp3) is 0.474. The highest BCUT2D eigenvalue weighted by Gasteiger charge is 2.09. The highest BCUT2D eigenvalue weighted by atomic mass is 127. The minimum atomic E-state index is -0.356. The van der Waals surface area contributed by atoms with Gasteiger partial charge in [0.05, 0.1) is 17.2 Å². The third-order valence-corrected chi connectivity index (χ3v) is 4.88. The van der Waals surface area contributed by atoms with E-state index in [1.165, 1.54) is 11.1 Å². The van der Waals surface area contributed by atoms with Crippen LogP contribution in [0, 0.1) is 5.82 Å². The maximum atomic E-state index is 13.6. The van der Waals surface area contributed by atoms with E-state index in [-0.39, 0.29) is 41.6 Å². The van der Waals surface area contributed by atoms with Crippen molar-refractivity contribution in [2.45, 2.75) is 39.2 Å². The fourth-order valence-corrected chi connectivity index (χ4v) is 3.14. The van der Waals surface area contributed by atoms with E-state index >= 15 is 0 Å². The summed E-state index contributed by atoms with van der Waals surface area (Å²) in [6.07, 6.45) is 0.642. The number of hydrogen-bond donors (Lipinski definition) is 2. The number of aliphatic imine (C=N–C) groups is 1. The second-order valence-corrected chi connectivity index (χ2v) is 7.21. The topological polar surface area (TPSA) is 58.5 Å². The van der Waals surface area contributed by atoms with Crippen LogP contribution in [0.1, 0.15) is 37.4 Å². The first kappa shape index (κ1) is 23.6. The number of guanidine groups is 1. The molecule has 1 heterocycles. The van der Waals surface area contributed by atoms with E-state index in [0.717, 1.165) is 18.7 Å². The molecule has 8 heteroatoms. The third kappa shape index (κ3) is 8.00. The van der Waals surface area contributed by atoms with Crippen molar-refractivity contribution in [3.8, 4) is 5.75 Å². The Balaban J connectivity index is 0.00000364. The molecule has 5 nitrogen and oxygen atoms in total. The van der Waals surface area contributed by atoms with Gasteiger partial charge in [0.25, 0.3) is 0 Å². The van der Waals surface area contributed by atoms with Gasteiger partial charge in [0.2, 0.25) is 0 Å². The minimum absolute atomic E-state index is 0. The summed E-state index contributed by atoms with van der Waals surface area (Å²) < 4.78 is 19.2. The molecule has 2 aromatic rings. The van der Waals surface area contributed by atoms with Crippen molar-refractivity contribution in [2.24, 2.45) is 4.99 Å². The van der Waals surface area contributed by atoms with Gasteiger partial charge in [-0.05, 0) is 19.1 Å². The molecule has 0 aliphatic carbocycles. The molecule has 0 saturated heterocycles. The third-order valence-electron chi connectivity index (χ3n) is 3.68. The van der Waals surface area contributed by atoms with Crippen molar-refractivity contribution in [2.75, 3.05) is 20.1 Å². The van der Waals surface area contributed by atoms with Crippen LogP contribution in [-0.2, 0) is 6.42 Å². The van der Waals surface area contributed by atoms with Gasteiger partial charge in [-0.3, -0.25) is 4.99 Å². The van der Waals surface area contributed by atoms with Crippen LogP contribution in [0.5, 0.6) is 5.75 Å². The molecule has 0 spiro atoms. The van der Waals surface area contributed by atoms with Gasteiger partial charge in [0.1, 0.15) is 6.10 Å². The SMILES string of the molecule is CN=C(NCCc1csc(C(C)C)n1)NCC(C)Oc1ccccc1F.I. The number of nitrogens with zero attached hydrogens (tertiary/aromatic N) is 2. The highest BCUT2D eigenvalue weighted by molar-refractivity contribution is 14.0. The van der Waals surface area contributed by atoms with Crippen molar-refractivity contribution in [3.05, 3.63) is 46.2 Å². The molecule has 27 heavy (non-hydrogen) atoms. The van der Waals surface area contributed by atoms with Gasteiger partial charge >= 0.3 is 0 Å². The molecule has 1 aromatic carbocycles. The highest BCUT2D eigenvalue weighted by Crippen LogP contribution is 2.19. The first-order valence-corrected chi connectivity index (χ1v) is 9.67. The Hall–Kier alpha value is -1.42. The van der Waals surface area contributed by atoms with Gasteiger partial charge < -0.3 is 15.4 Å². The van der Waals surface area contributed by atoms with Gasteiger partial charge in [0.15, 0.2) is 17.5 Å². The van der Waals surface area contributed by atoms with Crippen LogP contribution in [0.4, 0.5) is 4.39 Å². The number of nitrogens with one attached hydrogen (secondary N) is 2. The van der Waals surface area contributed by atoms with E-state index in [0.29, 0.717) is 18.4 Å². The maximum absolute atomic E-state index is 13.6. The van der Waals surface area contributed by atoms with Crippen LogP contribution in [0.15, 0.2) is 34.6 Å². The lowest BCUT2D eigenvalue weighted by molar-refractivity contribution is 0.214. The van der Waals surface area contributed by atoms with E-state index in [2.05, 4.69) is 39.8 Å². The summed E-state index contributed by atoms with van der Waals surface area (Å²) in [5, 5.41) is 9.73. The Kier molecular flexibility index (Phi) is 10.6. The molecule has 0 amide bonds. The van der Waals surface area contributed by atoms with E-state index in [1.54, 1.807) is 36.6 Å². The largest absolute Gasteiger partial charge is 0.486 e. The van der Waals surface area contributed by atoms with Crippen molar-refractivity contribution in [1.82, 2.24) is 15.6 Å². The summed E-state index contributed by atoms with van der Waals surface area (Å²) in [7, 11) is 1.72. The van der Waals surface area contributed by atoms with Crippen LogP contribution in [-0.4, -0.2) is 37.2 Å². The zero-order valence-electron chi connectivity index (χ0n) is 16.2. The van der Waals surface area contributed by atoms with E-state index in [1.807, 2.05) is 6.92 Å². The second kappa shape index (κ2) is 12.1. The van der Waals surface area contributed by atoms with Gasteiger partial charge in [-0.25, -0.2) is 9.37 Å². The number of aromatic nitrogens is 1. The molecule has 0 radical (unpaired) electrons. The first-order valence-electron chi connectivity index (χ1n) is 8.79. The van der Waals surface area contributed by atoms with Crippen LogP contribution in [0.3, 0.4) is 0 Å². The monoisotopic (exact) mass is 506 g/mol. The lowest BCUT2D eigenvalue weighted by Crippen LogP contribution is -2.42. The molecule has 1 atom stereocenters. The Bertz CT molecular complexity index is 723. The minimum Gasteiger partial charge on any atom is -0.486 e. The van der Waals surface area contributed by atoms with Gasteiger partial charge in [-0.15, -0.1) is 35.3 Å². The van der Waals surface area contributed by atoms with Crippen molar-refractivity contribution >= 4 is 41.3 Å². The zero-order chi connectivity index (χ0) is 18.9. The quantitative estimate of drug-likeness (QED) is 0.320. The Morgan fingerprint density at radius 2 is 2.00 bits per heavy atom. The van der Waals surface area contributed by atoms with Crippen molar-refractivity contribution < 1.29 is 9.13 Å². The number of ether oxygens (including phenoxy) is 1. The number of rotatable bonds is 8. The van der Waals surface area contributed by atoms with Crippen LogP contribution in [0.2, 0.25) is 0 Å². The average Bonchev–Trinajstić information content (AvgIpc) is 3.09. The number of benzene rings is 1. The van der Waals surface area contributed by atoms with Crippen molar-refractivity contribution in [1.29, 1.82) is 0 Å². The van der Waals surface area contributed by atoms with E-state index in [4.69, 9.17) is 4.74 Å². The molecule has 1 unspecified atom stereocenters. The average molecular weight is 506 g/mol. The first-order chi connectivity index (χ1) is 12.5. The predicted molar refractivity (Wildman–Crippen MR) is 121 cm³/mol. The Labute approximate surface area is 181 Å².